The molecule has 4 aliphatic rings. The zero-order chi connectivity index (χ0) is 23.1. The number of fused-ring (bicyclic) bond motifs is 5. The van der Waals surface area contributed by atoms with E-state index in [0.717, 1.165) is 48.3 Å². The van der Waals surface area contributed by atoms with Gasteiger partial charge in [-0.2, -0.15) is 0 Å². The fourth-order valence-electron chi connectivity index (χ4n) is 9.90. The number of hydrogen-bond acceptors (Lipinski definition) is 3. The summed E-state index contributed by atoms with van der Waals surface area (Å²) in [6.07, 6.45) is 14.3. The molecule has 0 saturated heterocycles. The van der Waals surface area contributed by atoms with Gasteiger partial charge in [0.2, 0.25) is 0 Å². The Bertz CT molecular complexity index is 622. The van der Waals surface area contributed by atoms with Crippen LogP contribution in [0.5, 0.6) is 0 Å². The molecule has 186 valence electrons. The van der Waals surface area contributed by atoms with Gasteiger partial charge in [-0.1, -0.05) is 53.9 Å². The maximum Gasteiger partial charge on any atom is 0.0558 e. The van der Waals surface area contributed by atoms with Gasteiger partial charge in [-0.25, -0.2) is 0 Å². The average molecular weight is 448 g/mol. The molecule has 4 aliphatic carbocycles. The van der Waals surface area contributed by atoms with Gasteiger partial charge >= 0.3 is 0 Å². The van der Waals surface area contributed by atoms with Gasteiger partial charge in [0.15, 0.2) is 0 Å². The van der Waals surface area contributed by atoms with E-state index in [2.05, 4.69) is 39.9 Å². The second-order valence-corrected chi connectivity index (χ2v) is 13.4. The summed E-state index contributed by atoms with van der Waals surface area (Å²) >= 11 is 0. The number of aliphatic hydroxyl groups excluding tert-OH is 2. The highest BCUT2D eigenvalue weighted by molar-refractivity contribution is 5.12. The van der Waals surface area contributed by atoms with Crippen molar-refractivity contribution < 1.29 is 10.2 Å². The van der Waals surface area contributed by atoms with Crippen LogP contribution in [0.3, 0.4) is 0 Å². The minimum absolute atomic E-state index is 0.169. The molecule has 3 N–H and O–H groups in total. The van der Waals surface area contributed by atoms with Crippen molar-refractivity contribution in [3.8, 4) is 0 Å². The number of nitrogens with one attached hydrogen (secondary N) is 1. The largest absolute Gasteiger partial charge is 0.395 e. The van der Waals surface area contributed by atoms with E-state index >= 15 is 0 Å². The normalized spacial score (nSPS) is 47.1. The van der Waals surface area contributed by atoms with Crippen molar-refractivity contribution in [2.75, 3.05) is 13.2 Å². The van der Waals surface area contributed by atoms with E-state index in [1.165, 1.54) is 57.8 Å². The standard InChI is InChI=1S/C29H53NO2/c1-19(2)7-6-8-20(3)24-11-12-25-23-10-9-21-17-22(32)18-27(30-15-16-31)29(21,5)26(23)13-14-28(24,25)4/h19-27,30-32H,6-18H2,1-5H3/t20-,21?,22-,23+,24-,25+,26+,27?,28-,29+/m1/s1. The lowest BCUT2D eigenvalue weighted by Gasteiger charge is -2.63. The van der Waals surface area contributed by atoms with E-state index in [1.54, 1.807) is 0 Å². The quantitative estimate of drug-likeness (QED) is 0.426. The SMILES string of the molecule is CC(C)CCC[C@@H](C)[C@H]1CC[C@H]2[C@@H]3CCC4C[C@@H](O)CC(NCCO)[C@]4(C)[C@H]3CC[C@]12C. The van der Waals surface area contributed by atoms with Gasteiger partial charge in [-0.15, -0.1) is 0 Å². The first-order valence-corrected chi connectivity index (χ1v) is 14.2. The minimum Gasteiger partial charge on any atom is -0.395 e. The van der Waals surface area contributed by atoms with Crippen molar-refractivity contribution in [1.82, 2.24) is 5.32 Å². The van der Waals surface area contributed by atoms with E-state index in [9.17, 15) is 10.2 Å². The maximum absolute atomic E-state index is 10.6. The molecule has 0 heterocycles. The van der Waals surface area contributed by atoms with Crippen LogP contribution in [0.25, 0.3) is 0 Å². The first-order chi connectivity index (χ1) is 15.2. The summed E-state index contributed by atoms with van der Waals surface area (Å²) in [5.41, 5.74) is 0.823. The van der Waals surface area contributed by atoms with Crippen molar-refractivity contribution in [2.24, 2.45) is 52.3 Å². The fourth-order valence-corrected chi connectivity index (χ4v) is 9.90. The molecule has 10 atom stereocenters. The van der Waals surface area contributed by atoms with Gasteiger partial charge in [0.25, 0.3) is 0 Å². The third-order valence-electron chi connectivity index (χ3n) is 11.5. The Morgan fingerprint density at radius 1 is 0.938 bits per heavy atom. The second kappa shape index (κ2) is 9.86. The maximum atomic E-state index is 10.6. The van der Waals surface area contributed by atoms with Crippen LogP contribution in [0.2, 0.25) is 0 Å². The molecule has 3 heteroatoms. The van der Waals surface area contributed by atoms with Crippen LogP contribution in [0.1, 0.15) is 105 Å². The number of hydrogen-bond donors (Lipinski definition) is 3. The smallest absolute Gasteiger partial charge is 0.0558 e. The summed E-state index contributed by atoms with van der Waals surface area (Å²) in [6, 6.07) is 0.354. The average Bonchev–Trinajstić information content (AvgIpc) is 3.09. The number of aliphatic hydroxyl groups is 2. The van der Waals surface area contributed by atoms with Crippen LogP contribution in [0, 0.1) is 52.3 Å². The molecule has 0 aromatic carbocycles. The minimum atomic E-state index is -0.169. The third kappa shape index (κ3) is 4.33. The Balaban J connectivity index is 1.50. The molecule has 0 spiro atoms. The van der Waals surface area contributed by atoms with Crippen molar-refractivity contribution >= 4 is 0 Å². The van der Waals surface area contributed by atoms with Crippen LogP contribution in [-0.2, 0) is 0 Å². The molecular formula is C29H53NO2. The molecule has 0 aromatic rings. The van der Waals surface area contributed by atoms with E-state index in [0.29, 0.717) is 23.9 Å². The van der Waals surface area contributed by atoms with Gasteiger partial charge in [0.05, 0.1) is 12.7 Å². The molecule has 0 aliphatic heterocycles. The summed E-state index contributed by atoms with van der Waals surface area (Å²) in [5.74, 6) is 5.83. The Morgan fingerprint density at radius 2 is 1.72 bits per heavy atom. The summed E-state index contributed by atoms with van der Waals surface area (Å²) < 4.78 is 0. The van der Waals surface area contributed by atoms with E-state index in [1.807, 2.05) is 0 Å². The molecule has 32 heavy (non-hydrogen) atoms. The first kappa shape index (κ1) is 25.0. The van der Waals surface area contributed by atoms with Gasteiger partial charge in [-0.05, 0) is 104 Å². The lowest BCUT2D eigenvalue weighted by Crippen LogP contribution is -2.63. The lowest BCUT2D eigenvalue weighted by atomic mass is 9.43. The molecule has 4 saturated carbocycles. The van der Waals surface area contributed by atoms with Crippen molar-refractivity contribution in [3.63, 3.8) is 0 Å². The second-order valence-electron chi connectivity index (χ2n) is 13.4. The fraction of sp³-hybridized carbons (Fsp3) is 1.00. The van der Waals surface area contributed by atoms with Crippen LogP contribution >= 0.6 is 0 Å². The molecular weight excluding hydrogens is 394 g/mol. The molecule has 3 nitrogen and oxygen atoms in total. The van der Waals surface area contributed by atoms with Gasteiger partial charge in [0, 0.05) is 12.6 Å². The van der Waals surface area contributed by atoms with Gasteiger partial charge < -0.3 is 15.5 Å². The van der Waals surface area contributed by atoms with Gasteiger partial charge in [-0.3, -0.25) is 0 Å². The monoisotopic (exact) mass is 447 g/mol. The van der Waals surface area contributed by atoms with Crippen LogP contribution in [-0.4, -0.2) is 35.5 Å². The van der Waals surface area contributed by atoms with E-state index in [4.69, 9.17) is 0 Å². The van der Waals surface area contributed by atoms with Crippen LogP contribution in [0.4, 0.5) is 0 Å². The highest BCUT2D eigenvalue weighted by Crippen LogP contribution is 2.68. The topological polar surface area (TPSA) is 52.5 Å². The molecule has 0 amide bonds. The first-order valence-electron chi connectivity index (χ1n) is 14.2. The van der Waals surface area contributed by atoms with E-state index < -0.39 is 0 Å². The van der Waals surface area contributed by atoms with Crippen molar-refractivity contribution in [2.45, 2.75) is 117 Å². The summed E-state index contributed by atoms with van der Waals surface area (Å²) in [6.45, 7) is 13.4. The number of rotatable bonds is 8. The van der Waals surface area contributed by atoms with Crippen molar-refractivity contribution in [1.29, 1.82) is 0 Å². The third-order valence-corrected chi connectivity index (χ3v) is 11.5. The van der Waals surface area contributed by atoms with E-state index in [-0.39, 0.29) is 18.1 Å². The highest BCUT2D eigenvalue weighted by atomic mass is 16.3. The predicted octanol–water partition coefficient (Wildman–Crippen LogP) is 6.03. The van der Waals surface area contributed by atoms with Crippen LogP contribution in [0.15, 0.2) is 0 Å². The summed E-state index contributed by atoms with van der Waals surface area (Å²) in [5, 5.41) is 23.8. The predicted molar refractivity (Wildman–Crippen MR) is 133 cm³/mol. The zero-order valence-electron chi connectivity index (χ0n) is 21.8. The lowest BCUT2D eigenvalue weighted by molar-refractivity contribution is -0.144. The van der Waals surface area contributed by atoms with Crippen LogP contribution < -0.4 is 5.32 Å². The Morgan fingerprint density at radius 3 is 2.44 bits per heavy atom. The zero-order valence-corrected chi connectivity index (χ0v) is 21.8. The highest BCUT2D eigenvalue weighted by Gasteiger charge is 2.62. The Hall–Kier alpha value is -0.120. The molecule has 2 unspecified atom stereocenters. The summed E-state index contributed by atoms with van der Waals surface area (Å²) in [7, 11) is 0. The van der Waals surface area contributed by atoms with Crippen molar-refractivity contribution in [3.05, 3.63) is 0 Å². The molecule has 4 rings (SSSR count). The molecule has 0 radical (unpaired) electrons. The van der Waals surface area contributed by atoms with Gasteiger partial charge in [0.1, 0.15) is 0 Å². The summed E-state index contributed by atoms with van der Waals surface area (Å²) in [4.78, 5) is 0. The Labute approximate surface area is 198 Å². The molecule has 4 fully saturated rings. The molecule has 0 aromatic heterocycles. The molecule has 0 bridgehead atoms. The Kier molecular flexibility index (Phi) is 7.70.